The first-order valence-electron chi connectivity index (χ1n) is 12.0. The maximum atomic E-state index is 12.7. The molecule has 4 nitrogen and oxygen atoms in total. The molecule has 0 spiro atoms. The summed E-state index contributed by atoms with van der Waals surface area (Å²) in [6, 6.07) is 0. The van der Waals surface area contributed by atoms with Crippen molar-refractivity contribution < 1.29 is 19.1 Å². The van der Waals surface area contributed by atoms with Crippen molar-refractivity contribution in [2.45, 2.75) is 111 Å². The number of rotatable bonds is 15. The number of carbonyl (C=O) groups is 2. The van der Waals surface area contributed by atoms with E-state index in [0.29, 0.717) is 19.4 Å². The normalized spacial score (nSPS) is 19.9. The van der Waals surface area contributed by atoms with E-state index in [9.17, 15) is 9.59 Å². The number of hydrogen-bond acceptors (Lipinski definition) is 4. The van der Waals surface area contributed by atoms with Gasteiger partial charge < -0.3 is 9.47 Å². The lowest BCUT2D eigenvalue weighted by Gasteiger charge is -2.28. The zero-order chi connectivity index (χ0) is 21.5. The van der Waals surface area contributed by atoms with Gasteiger partial charge >= 0.3 is 11.9 Å². The van der Waals surface area contributed by atoms with Gasteiger partial charge in [0, 0.05) is 0 Å². The third-order valence-electron chi connectivity index (χ3n) is 5.94. The second-order valence-corrected chi connectivity index (χ2v) is 8.78. The molecule has 168 valence electrons. The summed E-state index contributed by atoms with van der Waals surface area (Å²) in [7, 11) is 0. The van der Waals surface area contributed by atoms with Gasteiger partial charge in [-0.25, -0.2) is 0 Å². The predicted molar refractivity (Wildman–Crippen MR) is 119 cm³/mol. The molecule has 4 heteroatoms. The third kappa shape index (κ3) is 10.3. The Labute approximate surface area is 178 Å². The summed E-state index contributed by atoms with van der Waals surface area (Å²) in [6.07, 6.45) is 16.9. The standard InChI is InChI=1S/C25H44O4/c1-5-7-8-9-10-11-12-13-16-19-28-24(26)21-17-14-15-18-22(21)25(27)29-23(6-2)20(3)4/h14-15,20-23H,5-13,16-19H2,1-4H3. The molecule has 0 fully saturated rings. The molecule has 1 rings (SSSR count). The fourth-order valence-corrected chi connectivity index (χ4v) is 3.96. The molecule has 1 aliphatic carbocycles. The molecule has 1 aliphatic rings. The molecule has 0 amide bonds. The van der Waals surface area contributed by atoms with E-state index in [-0.39, 0.29) is 24.0 Å². The minimum atomic E-state index is -0.413. The van der Waals surface area contributed by atoms with Crippen molar-refractivity contribution in [3.8, 4) is 0 Å². The van der Waals surface area contributed by atoms with Crippen molar-refractivity contribution >= 4 is 11.9 Å². The van der Waals surface area contributed by atoms with Gasteiger partial charge in [0.25, 0.3) is 0 Å². The van der Waals surface area contributed by atoms with Crippen LogP contribution in [0, 0.1) is 17.8 Å². The van der Waals surface area contributed by atoms with E-state index in [1.807, 2.05) is 19.1 Å². The smallest absolute Gasteiger partial charge is 0.310 e. The highest BCUT2D eigenvalue weighted by Crippen LogP contribution is 2.29. The Bertz CT molecular complexity index is 483. The summed E-state index contributed by atoms with van der Waals surface area (Å²) < 4.78 is 11.2. The third-order valence-corrected chi connectivity index (χ3v) is 5.94. The van der Waals surface area contributed by atoms with E-state index in [1.165, 1.54) is 44.9 Å². The van der Waals surface area contributed by atoms with E-state index < -0.39 is 11.8 Å². The Morgan fingerprint density at radius 2 is 1.34 bits per heavy atom. The first kappa shape index (κ1) is 25.7. The van der Waals surface area contributed by atoms with Crippen LogP contribution < -0.4 is 0 Å². The lowest BCUT2D eigenvalue weighted by molar-refractivity contribution is -0.166. The fraction of sp³-hybridized carbons (Fsp3) is 0.840. The molecule has 3 atom stereocenters. The van der Waals surface area contributed by atoms with Crippen molar-refractivity contribution in [1.29, 1.82) is 0 Å². The molecule has 0 aliphatic heterocycles. The van der Waals surface area contributed by atoms with Gasteiger partial charge in [-0.3, -0.25) is 9.59 Å². The molecule has 0 aromatic heterocycles. The van der Waals surface area contributed by atoms with Crippen LogP contribution in [0.15, 0.2) is 12.2 Å². The molecule has 0 bridgehead atoms. The number of allylic oxidation sites excluding steroid dienone is 2. The SMILES string of the molecule is CCCCCCCCCCCOC(=O)C1CC=CCC1C(=O)OC(CC)C(C)C. The molecule has 0 aromatic rings. The minimum absolute atomic E-state index is 0.0907. The average Bonchev–Trinajstić information content (AvgIpc) is 2.72. The second kappa shape index (κ2) is 15.5. The van der Waals surface area contributed by atoms with E-state index in [1.54, 1.807) is 0 Å². The number of hydrogen-bond donors (Lipinski definition) is 0. The Morgan fingerprint density at radius 1 is 0.828 bits per heavy atom. The Kier molecular flexibility index (Phi) is 13.8. The second-order valence-electron chi connectivity index (χ2n) is 8.78. The Hall–Kier alpha value is -1.32. The number of unbranched alkanes of at least 4 members (excludes halogenated alkanes) is 8. The fourth-order valence-electron chi connectivity index (χ4n) is 3.96. The quantitative estimate of drug-likeness (QED) is 0.173. The van der Waals surface area contributed by atoms with Crippen molar-refractivity contribution in [2.75, 3.05) is 6.61 Å². The molecule has 0 saturated carbocycles. The topological polar surface area (TPSA) is 52.6 Å². The van der Waals surface area contributed by atoms with Gasteiger partial charge in [-0.05, 0) is 31.6 Å². The van der Waals surface area contributed by atoms with Gasteiger partial charge in [-0.15, -0.1) is 0 Å². The first-order chi connectivity index (χ1) is 14.0. The minimum Gasteiger partial charge on any atom is -0.465 e. The van der Waals surface area contributed by atoms with Crippen molar-refractivity contribution in [2.24, 2.45) is 17.8 Å². The number of esters is 2. The predicted octanol–water partition coefficient (Wildman–Crippen LogP) is 6.62. The van der Waals surface area contributed by atoms with E-state index >= 15 is 0 Å². The summed E-state index contributed by atoms with van der Waals surface area (Å²) in [5.41, 5.74) is 0. The number of carbonyl (C=O) groups excluding carboxylic acids is 2. The Morgan fingerprint density at radius 3 is 1.86 bits per heavy atom. The first-order valence-corrected chi connectivity index (χ1v) is 12.0. The van der Waals surface area contributed by atoms with E-state index in [0.717, 1.165) is 19.3 Å². The summed E-state index contributed by atoms with van der Waals surface area (Å²) in [4.78, 5) is 25.2. The molecule has 0 N–H and O–H groups in total. The van der Waals surface area contributed by atoms with Crippen LogP contribution in [0.1, 0.15) is 105 Å². The van der Waals surface area contributed by atoms with E-state index in [2.05, 4.69) is 20.8 Å². The summed E-state index contributed by atoms with van der Waals surface area (Å²) >= 11 is 0. The van der Waals surface area contributed by atoms with Crippen LogP contribution in [0.25, 0.3) is 0 Å². The van der Waals surface area contributed by atoms with Gasteiger partial charge in [0.05, 0.1) is 18.4 Å². The number of ether oxygens (including phenoxy) is 2. The van der Waals surface area contributed by atoms with Crippen LogP contribution in [-0.4, -0.2) is 24.6 Å². The molecular weight excluding hydrogens is 364 g/mol. The van der Waals surface area contributed by atoms with Gasteiger partial charge in [0.2, 0.25) is 0 Å². The van der Waals surface area contributed by atoms with Gasteiger partial charge in [0.15, 0.2) is 0 Å². The van der Waals surface area contributed by atoms with Gasteiger partial charge in [-0.2, -0.15) is 0 Å². The van der Waals surface area contributed by atoms with Crippen LogP contribution in [0.4, 0.5) is 0 Å². The Balaban J connectivity index is 2.30. The zero-order valence-corrected chi connectivity index (χ0v) is 19.3. The largest absolute Gasteiger partial charge is 0.465 e. The van der Waals surface area contributed by atoms with Gasteiger partial charge in [0.1, 0.15) is 6.10 Å². The summed E-state index contributed by atoms with van der Waals surface area (Å²) in [6.45, 7) is 8.83. The summed E-state index contributed by atoms with van der Waals surface area (Å²) in [5, 5.41) is 0. The molecule has 29 heavy (non-hydrogen) atoms. The molecule has 0 radical (unpaired) electrons. The maximum absolute atomic E-state index is 12.7. The van der Waals surface area contributed by atoms with Crippen molar-refractivity contribution in [3.63, 3.8) is 0 Å². The van der Waals surface area contributed by atoms with Crippen LogP contribution in [0.2, 0.25) is 0 Å². The average molecular weight is 409 g/mol. The van der Waals surface area contributed by atoms with Crippen LogP contribution in [-0.2, 0) is 19.1 Å². The lowest BCUT2D eigenvalue weighted by atomic mass is 9.83. The molecule has 0 saturated heterocycles. The van der Waals surface area contributed by atoms with Crippen molar-refractivity contribution in [3.05, 3.63) is 12.2 Å². The van der Waals surface area contributed by atoms with Crippen LogP contribution in [0.3, 0.4) is 0 Å². The van der Waals surface area contributed by atoms with Crippen LogP contribution in [0.5, 0.6) is 0 Å². The monoisotopic (exact) mass is 408 g/mol. The van der Waals surface area contributed by atoms with E-state index in [4.69, 9.17) is 9.47 Å². The lowest BCUT2D eigenvalue weighted by Crippen LogP contribution is -2.36. The van der Waals surface area contributed by atoms with Crippen LogP contribution >= 0.6 is 0 Å². The molecule has 0 aromatic carbocycles. The zero-order valence-electron chi connectivity index (χ0n) is 19.3. The molecule has 3 unspecified atom stereocenters. The van der Waals surface area contributed by atoms with Crippen molar-refractivity contribution in [1.82, 2.24) is 0 Å². The highest BCUT2D eigenvalue weighted by Gasteiger charge is 2.37. The summed E-state index contributed by atoms with van der Waals surface area (Å²) in [5.74, 6) is -1.03. The maximum Gasteiger partial charge on any atom is 0.310 e. The highest BCUT2D eigenvalue weighted by molar-refractivity contribution is 5.82. The molecular formula is C25H44O4. The highest BCUT2D eigenvalue weighted by atomic mass is 16.5. The molecule has 0 heterocycles. The van der Waals surface area contributed by atoms with Gasteiger partial charge in [-0.1, -0.05) is 91.2 Å².